The Morgan fingerprint density at radius 2 is 1.87 bits per heavy atom. The fraction of sp³-hybridized carbons (Fsp3) is 0.818. The summed E-state index contributed by atoms with van der Waals surface area (Å²) >= 11 is 0. The molecule has 0 radical (unpaired) electrons. The standard InChI is InChI=1S/C11H21N3O/c1-11(2,10(13)15)7-14-9(12)8-5-3-4-6-8/h8H,3-7H2,1-2H3,(H2,12,14)(H2,13,15). The zero-order chi connectivity index (χ0) is 11.5. The maximum Gasteiger partial charge on any atom is 0.224 e. The number of carbonyl (C=O) groups excluding carboxylic acids is 1. The van der Waals surface area contributed by atoms with Gasteiger partial charge in [-0.3, -0.25) is 9.79 Å². The maximum atomic E-state index is 11.1. The summed E-state index contributed by atoms with van der Waals surface area (Å²) in [6.07, 6.45) is 4.73. The van der Waals surface area contributed by atoms with Crippen molar-refractivity contribution in [1.82, 2.24) is 0 Å². The summed E-state index contributed by atoms with van der Waals surface area (Å²) in [7, 11) is 0. The van der Waals surface area contributed by atoms with E-state index in [0.717, 1.165) is 12.8 Å². The third kappa shape index (κ3) is 3.22. The zero-order valence-corrected chi connectivity index (χ0v) is 9.62. The van der Waals surface area contributed by atoms with E-state index in [1.54, 1.807) is 13.8 Å². The summed E-state index contributed by atoms with van der Waals surface area (Å²) in [5.41, 5.74) is 10.6. The molecular formula is C11H21N3O. The number of aliphatic imine (C=N–C) groups is 1. The van der Waals surface area contributed by atoms with Crippen LogP contribution in [0.25, 0.3) is 0 Å². The van der Waals surface area contributed by atoms with Gasteiger partial charge < -0.3 is 11.5 Å². The molecule has 0 heterocycles. The molecule has 0 aromatic carbocycles. The maximum absolute atomic E-state index is 11.1. The van der Waals surface area contributed by atoms with E-state index < -0.39 is 5.41 Å². The van der Waals surface area contributed by atoms with Crippen LogP contribution in [-0.2, 0) is 4.79 Å². The van der Waals surface area contributed by atoms with Crippen LogP contribution in [0.3, 0.4) is 0 Å². The van der Waals surface area contributed by atoms with Crippen molar-refractivity contribution >= 4 is 11.7 Å². The SMILES string of the molecule is CC(C)(CN=C(N)C1CCCC1)C(N)=O. The quantitative estimate of drug-likeness (QED) is 0.538. The molecule has 4 nitrogen and oxygen atoms in total. The molecule has 0 aromatic rings. The monoisotopic (exact) mass is 211 g/mol. The van der Waals surface area contributed by atoms with E-state index in [0.29, 0.717) is 18.3 Å². The molecule has 1 rings (SSSR count). The number of hydrogen-bond acceptors (Lipinski definition) is 2. The van der Waals surface area contributed by atoms with Crippen molar-refractivity contribution in [1.29, 1.82) is 0 Å². The minimum Gasteiger partial charge on any atom is -0.387 e. The van der Waals surface area contributed by atoms with Crippen molar-refractivity contribution in [2.24, 2.45) is 27.8 Å². The lowest BCUT2D eigenvalue weighted by Crippen LogP contribution is -2.35. The first-order valence-corrected chi connectivity index (χ1v) is 5.53. The Labute approximate surface area is 91.1 Å². The Kier molecular flexibility index (Phi) is 3.72. The number of amidine groups is 1. The minimum absolute atomic E-state index is 0.328. The summed E-state index contributed by atoms with van der Waals surface area (Å²) in [5.74, 6) is 0.793. The Hall–Kier alpha value is -1.06. The van der Waals surface area contributed by atoms with Gasteiger partial charge in [0.1, 0.15) is 0 Å². The van der Waals surface area contributed by atoms with Crippen LogP contribution >= 0.6 is 0 Å². The molecule has 0 aromatic heterocycles. The Balaban J connectivity index is 2.52. The number of nitrogens with two attached hydrogens (primary N) is 2. The average molecular weight is 211 g/mol. The smallest absolute Gasteiger partial charge is 0.224 e. The highest BCUT2D eigenvalue weighted by Crippen LogP contribution is 2.25. The third-order valence-electron chi connectivity index (χ3n) is 3.10. The summed E-state index contributed by atoms with van der Waals surface area (Å²) in [6, 6.07) is 0. The molecule has 4 N–H and O–H groups in total. The van der Waals surface area contributed by atoms with E-state index in [4.69, 9.17) is 11.5 Å². The van der Waals surface area contributed by atoms with Crippen LogP contribution in [0.2, 0.25) is 0 Å². The van der Waals surface area contributed by atoms with Crippen LogP contribution in [0.4, 0.5) is 0 Å². The predicted octanol–water partition coefficient (Wildman–Crippen LogP) is 1.05. The molecule has 0 aliphatic heterocycles. The fourth-order valence-electron chi connectivity index (χ4n) is 1.72. The first kappa shape index (κ1) is 12.0. The second-order valence-electron chi connectivity index (χ2n) is 4.97. The average Bonchev–Trinajstić information content (AvgIpc) is 2.66. The lowest BCUT2D eigenvalue weighted by Gasteiger charge is -2.18. The Bertz CT molecular complexity index is 265. The molecule has 15 heavy (non-hydrogen) atoms. The lowest BCUT2D eigenvalue weighted by molar-refractivity contribution is -0.125. The van der Waals surface area contributed by atoms with Crippen molar-refractivity contribution in [2.45, 2.75) is 39.5 Å². The second kappa shape index (κ2) is 4.64. The van der Waals surface area contributed by atoms with E-state index in [-0.39, 0.29) is 5.91 Å². The van der Waals surface area contributed by atoms with Crippen LogP contribution in [-0.4, -0.2) is 18.3 Å². The summed E-state index contributed by atoms with van der Waals surface area (Å²) in [4.78, 5) is 15.4. The van der Waals surface area contributed by atoms with Gasteiger partial charge in [-0.25, -0.2) is 0 Å². The fourth-order valence-corrected chi connectivity index (χ4v) is 1.72. The van der Waals surface area contributed by atoms with Crippen LogP contribution in [0.5, 0.6) is 0 Å². The van der Waals surface area contributed by atoms with Crippen molar-refractivity contribution in [2.75, 3.05) is 6.54 Å². The van der Waals surface area contributed by atoms with E-state index in [1.807, 2.05) is 0 Å². The van der Waals surface area contributed by atoms with E-state index in [9.17, 15) is 4.79 Å². The lowest BCUT2D eigenvalue weighted by atomic mass is 9.93. The Morgan fingerprint density at radius 1 is 1.33 bits per heavy atom. The first-order chi connectivity index (χ1) is 6.93. The number of nitrogens with zero attached hydrogens (tertiary/aromatic N) is 1. The number of rotatable bonds is 4. The molecule has 0 unspecified atom stereocenters. The molecule has 1 amide bonds. The van der Waals surface area contributed by atoms with E-state index in [1.165, 1.54) is 12.8 Å². The van der Waals surface area contributed by atoms with Gasteiger partial charge in [-0.05, 0) is 26.7 Å². The number of amides is 1. The van der Waals surface area contributed by atoms with Gasteiger partial charge in [0.2, 0.25) is 5.91 Å². The number of primary amides is 1. The van der Waals surface area contributed by atoms with Crippen molar-refractivity contribution in [3.05, 3.63) is 0 Å². The van der Waals surface area contributed by atoms with Crippen molar-refractivity contribution in [3.63, 3.8) is 0 Å². The van der Waals surface area contributed by atoms with E-state index in [2.05, 4.69) is 4.99 Å². The molecule has 86 valence electrons. The van der Waals surface area contributed by atoms with Crippen LogP contribution < -0.4 is 11.5 Å². The minimum atomic E-state index is -0.594. The predicted molar refractivity (Wildman–Crippen MR) is 61.4 cm³/mol. The molecule has 1 saturated carbocycles. The van der Waals surface area contributed by atoms with Crippen molar-refractivity contribution in [3.8, 4) is 0 Å². The van der Waals surface area contributed by atoms with Gasteiger partial charge in [0.05, 0.1) is 17.8 Å². The van der Waals surface area contributed by atoms with Crippen LogP contribution in [0.15, 0.2) is 4.99 Å². The highest BCUT2D eigenvalue weighted by Gasteiger charge is 2.25. The van der Waals surface area contributed by atoms with E-state index >= 15 is 0 Å². The molecule has 0 spiro atoms. The van der Waals surface area contributed by atoms with Crippen molar-refractivity contribution < 1.29 is 4.79 Å². The summed E-state index contributed by atoms with van der Waals surface area (Å²) in [5, 5.41) is 0. The Morgan fingerprint density at radius 3 is 2.33 bits per heavy atom. The largest absolute Gasteiger partial charge is 0.387 e. The van der Waals surface area contributed by atoms with Gasteiger partial charge in [0.15, 0.2) is 0 Å². The van der Waals surface area contributed by atoms with Gasteiger partial charge >= 0.3 is 0 Å². The van der Waals surface area contributed by atoms with Gasteiger partial charge in [-0.1, -0.05) is 12.8 Å². The normalized spacial score (nSPS) is 19.5. The van der Waals surface area contributed by atoms with Crippen LogP contribution in [0, 0.1) is 11.3 Å². The summed E-state index contributed by atoms with van der Waals surface area (Å²) in [6.45, 7) is 3.98. The third-order valence-corrected chi connectivity index (χ3v) is 3.10. The molecule has 0 bridgehead atoms. The topological polar surface area (TPSA) is 81.5 Å². The number of hydrogen-bond donors (Lipinski definition) is 2. The van der Waals surface area contributed by atoms with Crippen LogP contribution in [0.1, 0.15) is 39.5 Å². The number of carbonyl (C=O) groups is 1. The molecular weight excluding hydrogens is 190 g/mol. The first-order valence-electron chi connectivity index (χ1n) is 5.53. The highest BCUT2D eigenvalue weighted by atomic mass is 16.1. The molecule has 0 atom stereocenters. The molecule has 1 fully saturated rings. The molecule has 4 heteroatoms. The van der Waals surface area contributed by atoms with Gasteiger partial charge in [-0.2, -0.15) is 0 Å². The molecule has 1 aliphatic rings. The summed E-state index contributed by atoms with van der Waals surface area (Å²) < 4.78 is 0. The molecule has 1 aliphatic carbocycles. The van der Waals surface area contributed by atoms with Gasteiger partial charge in [-0.15, -0.1) is 0 Å². The van der Waals surface area contributed by atoms with Gasteiger partial charge in [0.25, 0.3) is 0 Å². The van der Waals surface area contributed by atoms with Gasteiger partial charge in [0, 0.05) is 5.92 Å². The molecule has 0 saturated heterocycles. The second-order valence-corrected chi connectivity index (χ2v) is 4.97. The zero-order valence-electron chi connectivity index (χ0n) is 9.62. The highest BCUT2D eigenvalue weighted by molar-refractivity contribution is 5.84.